The van der Waals surface area contributed by atoms with E-state index in [0.29, 0.717) is 10.2 Å². The predicted octanol–water partition coefficient (Wildman–Crippen LogP) is 2.87. The zero-order chi connectivity index (χ0) is 13.8. The van der Waals surface area contributed by atoms with Gasteiger partial charge in [-0.3, -0.25) is 4.98 Å². The van der Waals surface area contributed by atoms with Gasteiger partial charge in [0.05, 0.1) is 11.8 Å². The van der Waals surface area contributed by atoms with Gasteiger partial charge in [0.1, 0.15) is 17.3 Å². The number of aromatic nitrogens is 1. The van der Waals surface area contributed by atoms with Crippen LogP contribution in [-0.2, 0) is 0 Å². The number of nitrogens with two attached hydrogens (primary N) is 1. The second kappa shape index (κ2) is 5.66. The summed E-state index contributed by atoms with van der Waals surface area (Å²) in [5, 5.41) is 11.5. The lowest BCUT2D eigenvalue weighted by atomic mass is 10.1. The number of amidine groups is 1. The summed E-state index contributed by atoms with van der Waals surface area (Å²) in [4.78, 5) is 3.92. The van der Waals surface area contributed by atoms with Gasteiger partial charge in [0.2, 0.25) is 0 Å². The minimum Gasteiger partial charge on any atom is -0.455 e. The molecule has 0 radical (unpaired) electrons. The number of hydrogen-bond acceptors (Lipinski definition) is 4. The van der Waals surface area contributed by atoms with E-state index in [0.717, 1.165) is 0 Å². The van der Waals surface area contributed by atoms with Gasteiger partial charge in [0.25, 0.3) is 0 Å². The Hall–Kier alpha value is -2.15. The Bertz CT molecular complexity index is 634. The Balaban J connectivity index is 2.43. The molecule has 0 spiro atoms. The van der Waals surface area contributed by atoms with E-state index < -0.39 is 5.82 Å². The topological polar surface area (TPSA) is 80.7 Å². The highest BCUT2D eigenvalue weighted by Crippen LogP contribution is 2.28. The summed E-state index contributed by atoms with van der Waals surface area (Å²) in [6.07, 6.45) is 3.05. The fourth-order valence-electron chi connectivity index (χ4n) is 1.46. The van der Waals surface area contributed by atoms with Crippen molar-refractivity contribution in [1.82, 2.24) is 4.98 Å². The third kappa shape index (κ3) is 3.00. The van der Waals surface area contributed by atoms with E-state index in [1.54, 1.807) is 12.3 Å². The quantitative estimate of drug-likeness (QED) is 0.393. The monoisotopic (exact) mass is 325 g/mol. The van der Waals surface area contributed by atoms with Crippen LogP contribution < -0.4 is 10.5 Å². The van der Waals surface area contributed by atoms with Gasteiger partial charge in [-0.25, -0.2) is 4.39 Å². The molecular weight excluding hydrogens is 317 g/mol. The van der Waals surface area contributed by atoms with Crippen LogP contribution in [0.2, 0.25) is 0 Å². The molecule has 1 aromatic heterocycles. The first-order valence-corrected chi connectivity index (χ1v) is 5.96. The van der Waals surface area contributed by atoms with E-state index in [4.69, 9.17) is 15.7 Å². The summed E-state index contributed by atoms with van der Waals surface area (Å²) in [6, 6.07) is 5.83. The molecule has 2 aromatic rings. The van der Waals surface area contributed by atoms with Gasteiger partial charge in [0.15, 0.2) is 5.84 Å². The van der Waals surface area contributed by atoms with Gasteiger partial charge in [-0.15, -0.1) is 0 Å². The van der Waals surface area contributed by atoms with Gasteiger partial charge >= 0.3 is 0 Å². The van der Waals surface area contributed by atoms with Gasteiger partial charge in [-0.1, -0.05) is 11.2 Å². The maximum absolute atomic E-state index is 13.7. The number of hydrogen-bond donors (Lipinski definition) is 2. The SMILES string of the molecule is NC(=NO)c1c(F)cccc1Oc1cncc(Br)c1. The van der Waals surface area contributed by atoms with Crippen molar-refractivity contribution >= 4 is 21.8 Å². The molecule has 7 heteroatoms. The number of nitrogens with zero attached hydrogens (tertiary/aromatic N) is 2. The smallest absolute Gasteiger partial charge is 0.176 e. The van der Waals surface area contributed by atoms with Crippen LogP contribution in [0.3, 0.4) is 0 Å². The van der Waals surface area contributed by atoms with Crippen LogP contribution in [-0.4, -0.2) is 16.0 Å². The zero-order valence-corrected chi connectivity index (χ0v) is 11.1. The molecule has 1 heterocycles. The van der Waals surface area contributed by atoms with Crippen LogP contribution in [0.15, 0.2) is 46.3 Å². The van der Waals surface area contributed by atoms with Crippen molar-refractivity contribution < 1.29 is 14.3 Å². The fraction of sp³-hybridized carbons (Fsp3) is 0. The number of benzene rings is 1. The van der Waals surface area contributed by atoms with E-state index in [-0.39, 0.29) is 17.1 Å². The van der Waals surface area contributed by atoms with Crippen LogP contribution in [0.25, 0.3) is 0 Å². The third-order valence-electron chi connectivity index (χ3n) is 2.25. The minimum atomic E-state index is -0.643. The molecule has 3 N–H and O–H groups in total. The van der Waals surface area contributed by atoms with Crippen LogP contribution in [0.4, 0.5) is 4.39 Å². The molecule has 5 nitrogen and oxygen atoms in total. The largest absolute Gasteiger partial charge is 0.455 e. The molecule has 0 fully saturated rings. The molecule has 0 saturated heterocycles. The van der Waals surface area contributed by atoms with Gasteiger partial charge in [0, 0.05) is 10.7 Å². The summed E-state index contributed by atoms with van der Waals surface area (Å²) >= 11 is 3.25. The van der Waals surface area contributed by atoms with Crippen LogP contribution in [0.1, 0.15) is 5.56 Å². The zero-order valence-electron chi connectivity index (χ0n) is 9.55. The van der Waals surface area contributed by atoms with Crippen molar-refractivity contribution in [3.63, 3.8) is 0 Å². The lowest BCUT2D eigenvalue weighted by Gasteiger charge is -2.10. The first kappa shape index (κ1) is 13.3. The van der Waals surface area contributed by atoms with Crippen LogP contribution in [0.5, 0.6) is 11.5 Å². The summed E-state index contributed by atoms with van der Waals surface area (Å²) in [5.74, 6) is -0.478. The molecule has 19 heavy (non-hydrogen) atoms. The van der Waals surface area contributed by atoms with Crippen LogP contribution >= 0.6 is 15.9 Å². The highest BCUT2D eigenvalue weighted by molar-refractivity contribution is 9.10. The summed E-state index contributed by atoms with van der Waals surface area (Å²) in [7, 11) is 0. The Morgan fingerprint density at radius 3 is 2.89 bits per heavy atom. The number of pyridine rings is 1. The van der Waals surface area contributed by atoms with Gasteiger partial charge in [-0.05, 0) is 34.1 Å². The molecule has 0 aliphatic rings. The van der Waals surface area contributed by atoms with Crippen LogP contribution in [0, 0.1) is 5.82 Å². The van der Waals surface area contributed by atoms with Gasteiger partial charge < -0.3 is 15.7 Å². The van der Waals surface area contributed by atoms with Gasteiger partial charge in [-0.2, -0.15) is 0 Å². The predicted molar refractivity (Wildman–Crippen MR) is 70.9 cm³/mol. The molecule has 0 unspecified atom stereocenters. The highest BCUT2D eigenvalue weighted by Gasteiger charge is 2.15. The molecule has 2 rings (SSSR count). The second-order valence-electron chi connectivity index (χ2n) is 3.54. The number of ether oxygens (including phenoxy) is 1. The number of halogens is 2. The number of oxime groups is 1. The maximum Gasteiger partial charge on any atom is 0.176 e. The molecule has 0 bridgehead atoms. The Kier molecular flexibility index (Phi) is 3.96. The second-order valence-corrected chi connectivity index (χ2v) is 4.45. The molecular formula is C12H9BrFN3O2. The van der Waals surface area contributed by atoms with E-state index in [9.17, 15) is 4.39 Å². The average molecular weight is 326 g/mol. The molecule has 0 amide bonds. The Morgan fingerprint density at radius 1 is 1.42 bits per heavy atom. The molecule has 0 aliphatic carbocycles. The average Bonchev–Trinajstić information content (AvgIpc) is 2.38. The van der Waals surface area contributed by atoms with E-state index in [1.807, 2.05) is 0 Å². The van der Waals surface area contributed by atoms with E-state index >= 15 is 0 Å². The lowest BCUT2D eigenvalue weighted by molar-refractivity contribution is 0.318. The first-order chi connectivity index (χ1) is 9.11. The van der Waals surface area contributed by atoms with E-state index in [2.05, 4.69) is 26.1 Å². The Morgan fingerprint density at radius 2 is 2.21 bits per heavy atom. The highest BCUT2D eigenvalue weighted by atomic mass is 79.9. The molecule has 98 valence electrons. The van der Waals surface area contributed by atoms with Crippen molar-refractivity contribution in [2.45, 2.75) is 0 Å². The lowest BCUT2D eigenvalue weighted by Crippen LogP contribution is -2.16. The van der Waals surface area contributed by atoms with Crippen molar-refractivity contribution in [3.05, 3.63) is 52.5 Å². The normalized spacial score (nSPS) is 11.4. The summed E-state index contributed by atoms with van der Waals surface area (Å²) in [6.45, 7) is 0. The van der Waals surface area contributed by atoms with Crippen molar-refractivity contribution in [2.24, 2.45) is 10.9 Å². The maximum atomic E-state index is 13.7. The Labute approximate surface area is 116 Å². The fourth-order valence-corrected chi connectivity index (χ4v) is 1.81. The molecule has 0 saturated carbocycles. The minimum absolute atomic E-state index is 0.107. The number of rotatable bonds is 3. The molecule has 1 aromatic carbocycles. The molecule has 0 aliphatic heterocycles. The first-order valence-electron chi connectivity index (χ1n) is 5.16. The van der Waals surface area contributed by atoms with Crippen molar-refractivity contribution in [3.8, 4) is 11.5 Å². The van der Waals surface area contributed by atoms with Crippen molar-refractivity contribution in [1.29, 1.82) is 0 Å². The third-order valence-corrected chi connectivity index (χ3v) is 2.68. The summed E-state index contributed by atoms with van der Waals surface area (Å²) < 4.78 is 19.9. The van der Waals surface area contributed by atoms with E-state index in [1.165, 1.54) is 24.4 Å². The molecule has 0 atom stereocenters. The summed E-state index contributed by atoms with van der Waals surface area (Å²) in [5.41, 5.74) is 5.33. The van der Waals surface area contributed by atoms with Crippen molar-refractivity contribution in [2.75, 3.05) is 0 Å². The standard InChI is InChI=1S/C12H9BrFN3O2/c13-7-4-8(6-16-5-7)19-10-3-1-2-9(14)11(10)12(15)17-18/h1-6,18H,(H2,15,17).